The third-order valence-corrected chi connectivity index (χ3v) is 4.29. The molecule has 0 aliphatic heterocycles. The van der Waals surface area contributed by atoms with Gasteiger partial charge in [-0.25, -0.2) is 13.8 Å². The monoisotopic (exact) mass is 407 g/mol. The number of nitrogens with zero attached hydrogens (tertiary/aromatic N) is 5. The highest BCUT2D eigenvalue weighted by Gasteiger charge is 2.20. The van der Waals surface area contributed by atoms with Gasteiger partial charge in [0.25, 0.3) is 0 Å². The molecule has 2 heterocycles. The smallest absolute Gasteiger partial charge is 0.221 e. The number of carbonyl (C=O) groups excluding carboxylic acids is 1. The lowest BCUT2D eigenvalue weighted by atomic mass is 10.0. The molecule has 30 heavy (non-hydrogen) atoms. The second kappa shape index (κ2) is 7.66. The maximum atomic E-state index is 14.3. The zero-order valence-corrected chi connectivity index (χ0v) is 15.7. The minimum atomic E-state index is -0.825. The molecule has 0 saturated carbocycles. The van der Waals surface area contributed by atoms with E-state index in [0.717, 1.165) is 22.4 Å². The third kappa shape index (κ3) is 3.58. The van der Waals surface area contributed by atoms with Gasteiger partial charge in [0.05, 0.1) is 5.56 Å². The maximum Gasteiger partial charge on any atom is 0.221 e. The highest BCUT2D eigenvalue weighted by atomic mass is 19.1. The average molecular weight is 407 g/mol. The molecule has 3 N–H and O–H groups in total. The molecule has 0 spiro atoms. The van der Waals surface area contributed by atoms with Gasteiger partial charge in [0, 0.05) is 24.4 Å². The average Bonchev–Trinajstić information content (AvgIpc) is 3.17. The predicted octanol–water partition coefficient (Wildman–Crippen LogP) is 3.21. The topological polar surface area (TPSA) is 112 Å². The molecule has 4 aromatic rings. The summed E-state index contributed by atoms with van der Waals surface area (Å²) < 4.78 is 29.5. The van der Waals surface area contributed by atoms with Gasteiger partial charge in [-0.1, -0.05) is 18.2 Å². The first-order chi connectivity index (χ1) is 14.4. The lowest BCUT2D eigenvalue weighted by Gasteiger charge is -2.11. The lowest BCUT2D eigenvalue weighted by Crippen LogP contribution is -2.07. The maximum absolute atomic E-state index is 14.3. The fourth-order valence-electron chi connectivity index (χ4n) is 2.99. The number of nitrogens with two attached hydrogens (primary N) is 1. The van der Waals surface area contributed by atoms with Gasteiger partial charge >= 0.3 is 0 Å². The number of tetrazole rings is 1. The van der Waals surface area contributed by atoms with Crippen LogP contribution in [0.25, 0.3) is 28.2 Å². The minimum Gasteiger partial charge on any atom is -0.383 e. The Hall–Kier alpha value is -4.21. The van der Waals surface area contributed by atoms with Crippen molar-refractivity contribution in [3.05, 3.63) is 66.4 Å². The van der Waals surface area contributed by atoms with Crippen molar-refractivity contribution in [2.45, 2.75) is 6.92 Å². The minimum absolute atomic E-state index is 0.0314. The van der Waals surface area contributed by atoms with Crippen LogP contribution in [0, 0.1) is 11.6 Å². The summed E-state index contributed by atoms with van der Waals surface area (Å²) in [5.41, 5.74) is 7.89. The van der Waals surface area contributed by atoms with Crippen LogP contribution in [0.15, 0.2) is 54.7 Å². The molecule has 0 atom stereocenters. The summed E-state index contributed by atoms with van der Waals surface area (Å²) in [4.78, 5) is 15.5. The number of rotatable bonds is 4. The normalized spacial score (nSPS) is 10.8. The Balaban J connectivity index is 1.82. The van der Waals surface area contributed by atoms with Crippen molar-refractivity contribution in [1.82, 2.24) is 25.2 Å². The van der Waals surface area contributed by atoms with Crippen LogP contribution >= 0.6 is 0 Å². The van der Waals surface area contributed by atoms with Crippen molar-refractivity contribution >= 4 is 17.4 Å². The number of nitrogens with one attached hydrogen (secondary N) is 1. The van der Waals surface area contributed by atoms with Crippen LogP contribution in [0.5, 0.6) is 0 Å². The molecule has 4 rings (SSSR count). The molecule has 10 heteroatoms. The standard InChI is InChI=1S/C20H15F2N7O/c1-11(30)25-14-5-2-4-12(8-14)13-9-15(19(23)24-10-13)20-26-27-28-29(20)18-16(21)6-3-7-17(18)22/h2-10H,1H3,(H2,23,24)(H,25,30). The summed E-state index contributed by atoms with van der Waals surface area (Å²) >= 11 is 0. The van der Waals surface area contributed by atoms with Crippen molar-refractivity contribution in [1.29, 1.82) is 0 Å². The molecule has 0 saturated heterocycles. The molecule has 0 aliphatic carbocycles. The Kier molecular flexibility index (Phi) is 4.88. The van der Waals surface area contributed by atoms with Gasteiger partial charge < -0.3 is 11.1 Å². The number of benzene rings is 2. The molecule has 8 nitrogen and oxygen atoms in total. The van der Waals surface area contributed by atoms with E-state index in [-0.39, 0.29) is 17.5 Å². The van der Waals surface area contributed by atoms with Gasteiger partial charge in [-0.2, -0.15) is 4.68 Å². The largest absolute Gasteiger partial charge is 0.383 e. The number of hydrogen-bond acceptors (Lipinski definition) is 6. The zero-order valence-electron chi connectivity index (χ0n) is 15.7. The zero-order chi connectivity index (χ0) is 21.3. The van der Waals surface area contributed by atoms with Gasteiger partial charge in [-0.05, 0) is 46.3 Å². The number of aromatic nitrogens is 5. The van der Waals surface area contributed by atoms with Gasteiger partial charge in [-0.15, -0.1) is 5.10 Å². The van der Waals surface area contributed by atoms with E-state index in [2.05, 4.69) is 25.8 Å². The molecule has 0 fully saturated rings. The molecule has 0 bridgehead atoms. The van der Waals surface area contributed by atoms with Crippen molar-refractivity contribution in [2.75, 3.05) is 11.1 Å². The van der Waals surface area contributed by atoms with Crippen LogP contribution in [0.1, 0.15) is 6.92 Å². The number of halogens is 2. The number of hydrogen-bond donors (Lipinski definition) is 2. The first kappa shape index (κ1) is 19.1. The van der Waals surface area contributed by atoms with Crippen LogP contribution in [-0.2, 0) is 4.79 Å². The van der Waals surface area contributed by atoms with E-state index in [1.54, 1.807) is 30.5 Å². The summed E-state index contributed by atoms with van der Waals surface area (Å²) in [7, 11) is 0. The third-order valence-electron chi connectivity index (χ3n) is 4.29. The summed E-state index contributed by atoms with van der Waals surface area (Å²) in [5, 5.41) is 13.9. The van der Waals surface area contributed by atoms with Crippen molar-refractivity contribution in [2.24, 2.45) is 0 Å². The van der Waals surface area contributed by atoms with E-state index in [1.807, 2.05) is 6.07 Å². The fourth-order valence-corrected chi connectivity index (χ4v) is 2.99. The molecule has 2 aromatic carbocycles. The van der Waals surface area contributed by atoms with Crippen LogP contribution in [-0.4, -0.2) is 31.1 Å². The Morgan fingerprint density at radius 1 is 1.07 bits per heavy atom. The Morgan fingerprint density at radius 2 is 1.80 bits per heavy atom. The van der Waals surface area contributed by atoms with E-state index in [0.29, 0.717) is 16.8 Å². The first-order valence-corrected chi connectivity index (χ1v) is 8.80. The van der Waals surface area contributed by atoms with Crippen molar-refractivity contribution in [3.8, 4) is 28.2 Å². The van der Waals surface area contributed by atoms with Gasteiger partial charge in [-0.3, -0.25) is 4.79 Å². The van der Waals surface area contributed by atoms with E-state index in [9.17, 15) is 13.6 Å². The predicted molar refractivity (Wildman–Crippen MR) is 106 cm³/mol. The number of amides is 1. The molecule has 150 valence electrons. The number of carbonyl (C=O) groups is 1. The highest BCUT2D eigenvalue weighted by molar-refractivity contribution is 5.89. The fraction of sp³-hybridized carbons (Fsp3) is 0.0500. The quantitative estimate of drug-likeness (QED) is 0.537. The second-order valence-electron chi connectivity index (χ2n) is 6.40. The van der Waals surface area contributed by atoms with Crippen LogP contribution in [0.2, 0.25) is 0 Å². The van der Waals surface area contributed by atoms with Gasteiger partial charge in [0.15, 0.2) is 17.5 Å². The molecule has 2 aromatic heterocycles. The van der Waals surface area contributed by atoms with Crippen molar-refractivity contribution in [3.63, 3.8) is 0 Å². The summed E-state index contributed by atoms with van der Waals surface area (Å²) in [6.07, 6.45) is 1.55. The van der Waals surface area contributed by atoms with E-state index in [4.69, 9.17) is 5.73 Å². The lowest BCUT2D eigenvalue weighted by molar-refractivity contribution is -0.114. The Bertz CT molecular complexity index is 1240. The SMILES string of the molecule is CC(=O)Nc1cccc(-c2cnc(N)c(-c3nnnn3-c3c(F)cccc3F)c2)c1. The number of nitrogen functional groups attached to an aromatic ring is 1. The summed E-state index contributed by atoms with van der Waals surface area (Å²) in [6.45, 7) is 1.41. The Labute approximate surface area is 169 Å². The van der Waals surface area contributed by atoms with Crippen molar-refractivity contribution < 1.29 is 13.6 Å². The first-order valence-electron chi connectivity index (χ1n) is 8.80. The number of anilines is 2. The van der Waals surface area contributed by atoms with Gasteiger partial charge in [0.2, 0.25) is 5.91 Å². The van der Waals surface area contributed by atoms with Crippen LogP contribution in [0.4, 0.5) is 20.3 Å². The van der Waals surface area contributed by atoms with Crippen LogP contribution in [0.3, 0.4) is 0 Å². The molecule has 0 aliphatic rings. The number of pyridine rings is 1. The number of para-hydroxylation sites is 1. The van der Waals surface area contributed by atoms with Gasteiger partial charge in [0.1, 0.15) is 11.5 Å². The Morgan fingerprint density at radius 3 is 2.53 bits per heavy atom. The highest BCUT2D eigenvalue weighted by Crippen LogP contribution is 2.31. The van der Waals surface area contributed by atoms with E-state index < -0.39 is 17.3 Å². The molecule has 1 amide bonds. The summed E-state index contributed by atoms with van der Waals surface area (Å²) in [6, 6.07) is 12.2. The summed E-state index contributed by atoms with van der Waals surface area (Å²) in [5.74, 6) is -1.73. The molecule has 0 radical (unpaired) electrons. The second-order valence-corrected chi connectivity index (χ2v) is 6.40. The van der Waals surface area contributed by atoms with Crippen LogP contribution < -0.4 is 11.1 Å². The molecular weight excluding hydrogens is 392 g/mol. The van der Waals surface area contributed by atoms with E-state index in [1.165, 1.54) is 13.0 Å². The molecular formula is C20H15F2N7O. The molecule has 0 unspecified atom stereocenters. The van der Waals surface area contributed by atoms with E-state index >= 15 is 0 Å².